The largest absolute Gasteiger partial charge is 0.380 e. The summed E-state index contributed by atoms with van der Waals surface area (Å²) in [7, 11) is -3.64. The van der Waals surface area contributed by atoms with Crippen LogP contribution < -0.4 is 0 Å². The van der Waals surface area contributed by atoms with Crippen molar-refractivity contribution in [3.63, 3.8) is 0 Å². The van der Waals surface area contributed by atoms with Gasteiger partial charge < -0.3 is 9.47 Å². The highest BCUT2D eigenvalue weighted by molar-refractivity contribution is 7.89. The maximum absolute atomic E-state index is 12.7. The van der Waals surface area contributed by atoms with Gasteiger partial charge in [-0.1, -0.05) is 12.1 Å². The lowest BCUT2D eigenvalue weighted by atomic mass is 10.2. The highest BCUT2D eigenvalue weighted by atomic mass is 32.2. The van der Waals surface area contributed by atoms with Gasteiger partial charge in [-0.15, -0.1) is 0 Å². The first-order chi connectivity index (χ1) is 10.9. The van der Waals surface area contributed by atoms with Crippen molar-refractivity contribution in [2.24, 2.45) is 0 Å². The fourth-order valence-electron chi connectivity index (χ4n) is 1.98. The molecule has 1 aromatic rings. The van der Waals surface area contributed by atoms with Crippen molar-refractivity contribution >= 4 is 15.8 Å². The molecule has 0 radical (unpaired) electrons. The Morgan fingerprint density at radius 2 is 1.48 bits per heavy atom. The number of hydrogen-bond acceptors (Lipinski definition) is 5. The van der Waals surface area contributed by atoms with E-state index in [-0.39, 0.29) is 23.8 Å². The second-order valence-corrected chi connectivity index (χ2v) is 6.82. The van der Waals surface area contributed by atoms with Gasteiger partial charge in [-0.2, -0.15) is 4.31 Å². The number of hydrogen-bond donors (Lipinski definition) is 0. The van der Waals surface area contributed by atoms with Crippen molar-refractivity contribution in [3.8, 4) is 0 Å². The number of carbonyl (C=O) groups excluding carboxylic acids is 1. The van der Waals surface area contributed by atoms with Crippen molar-refractivity contribution in [1.29, 1.82) is 0 Å². The van der Waals surface area contributed by atoms with Crippen molar-refractivity contribution < 1.29 is 22.7 Å². The van der Waals surface area contributed by atoms with Crippen LogP contribution in [0.4, 0.5) is 0 Å². The average molecular weight is 343 g/mol. The summed E-state index contributed by atoms with van der Waals surface area (Å²) in [6.45, 7) is 7.41. The molecule has 0 aliphatic carbocycles. The first-order valence-corrected chi connectivity index (χ1v) is 9.14. The Balaban J connectivity index is 2.92. The smallest absolute Gasteiger partial charge is 0.243 e. The molecule has 0 aliphatic rings. The lowest BCUT2D eigenvalue weighted by molar-refractivity contribution is 0.101. The maximum Gasteiger partial charge on any atom is 0.243 e. The Kier molecular flexibility index (Phi) is 8.40. The van der Waals surface area contributed by atoms with Gasteiger partial charge in [0.25, 0.3) is 0 Å². The number of Topliss-reactive ketones (excluding diaryl/α,β-unsaturated/α-hetero) is 1. The number of sulfonamides is 1. The van der Waals surface area contributed by atoms with Crippen LogP contribution in [0.5, 0.6) is 0 Å². The van der Waals surface area contributed by atoms with Gasteiger partial charge in [0.2, 0.25) is 10.0 Å². The van der Waals surface area contributed by atoms with Crippen molar-refractivity contribution in [2.75, 3.05) is 39.5 Å². The Labute approximate surface area is 138 Å². The Morgan fingerprint density at radius 3 is 1.87 bits per heavy atom. The standard InChI is InChI=1S/C16H25NO5S/c1-4-21-12-10-17(11-13-22-5-2)23(19,20)16-8-6-15(7-9-16)14(3)18/h6-9H,4-5,10-13H2,1-3H3. The molecule has 0 saturated carbocycles. The van der Waals surface area contributed by atoms with E-state index < -0.39 is 10.0 Å². The summed E-state index contributed by atoms with van der Waals surface area (Å²) < 4.78 is 37.3. The summed E-state index contributed by atoms with van der Waals surface area (Å²) in [5, 5.41) is 0. The predicted molar refractivity (Wildman–Crippen MR) is 88.2 cm³/mol. The van der Waals surface area contributed by atoms with Crippen LogP contribution in [0.2, 0.25) is 0 Å². The zero-order valence-corrected chi connectivity index (χ0v) is 14.8. The molecule has 0 amide bonds. The van der Waals surface area contributed by atoms with Crippen LogP contribution in [0.3, 0.4) is 0 Å². The van der Waals surface area contributed by atoms with E-state index in [1.54, 1.807) is 0 Å². The number of benzene rings is 1. The molecule has 0 saturated heterocycles. The highest BCUT2D eigenvalue weighted by Gasteiger charge is 2.24. The van der Waals surface area contributed by atoms with Crippen LogP contribution in [0.15, 0.2) is 29.2 Å². The van der Waals surface area contributed by atoms with E-state index in [0.717, 1.165) is 0 Å². The third-order valence-corrected chi connectivity index (χ3v) is 5.19. The molecular formula is C16H25NO5S. The molecule has 130 valence electrons. The number of rotatable bonds is 11. The van der Waals surface area contributed by atoms with Crippen LogP contribution in [0.25, 0.3) is 0 Å². The highest BCUT2D eigenvalue weighted by Crippen LogP contribution is 2.16. The number of ether oxygens (including phenoxy) is 2. The van der Waals surface area contributed by atoms with E-state index in [2.05, 4.69) is 0 Å². The fraction of sp³-hybridized carbons (Fsp3) is 0.562. The summed E-state index contributed by atoms with van der Waals surface area (Å²) in [4.78, 5) is 11.5. The van der Waals surface area contributed by atoms with E-state index in [1.165, 1.54) is 35.5 Å². The minimum absolute atomic E-state index is 0.0986. The second kappa shape index (κ2) is 9.77. The monoisotopic (exact) mass is 343 g/mol. The normalized spacial score (nSPS) is 11.8. The molecule has 0 atom stereocenters. The van der Waals surface area contributed by atoms with Crippen LogP contribution in [0.1, 0.15) is 31.1 Å². The summed E-state index contributed by atoms with van der Waals surface area (Å²) in [5.74, 6) is -0.0986. The van der Waals surface area contributed by atoms with E-state index in [4.69, 9.17) is 9.47 Å². The van der Waals surface area contributed by atoms with Crippen LogP contribution in [0, 0.1) is 0 Å². The summed E-state index contributed by atoms with van der Waals surface area (Å²) in [5.41, 5.74) is 0.485. The Morgan fingerprint density at radius 1 is 1.00 bits per heavy atom. The maximum atomic E-state index is 12.7. The topological polar surface area (TPSA) is 72.9 Å². The van der Waals surface area contributed by atoms with Gasteiger partial charge in [-0.3, -0.25) is 4.79 Å². The first-order valence-electron chi connectivity index (χ1n) is 7.70. The van der Waals surface area contributed by atoms with Crippen molar-refractivity contribution in [2.45, 2.75) is 25.7 Å². The molecular weight excluding hydrogens is 318 g/mol. The van der Waals surface area contributed by atoms with Crippen molar-refractivity contribution in [3.05, 3.63) is 29.8 Å². The minimum atomic E-state index is -3.64. The summed E-state index contributed by atoms with van der Waals surface area (Å²) in [6.07, 6.45) is 0. The SMILES string of the molecule is CCOCCN(CCOCC)S(=O)(=O)c1ccc(C(C)=O)cc1. The van der Waals surface area contributed by atoms with Crippen LogP contribution in [-0.2, 0) is 19.5 Å². The zero-order chi connectivity index (χ0) is 17.3. The molecule has 0 fully saturated rings. The van der Waals surface area contributed by atoms with Gasteiger partial charge >= 0.3 is 0 Å². The van der Waals surface area contributed by atoms with Gasteiger partial charge in [0.1, 0.15) is 0 Å². The number of carbonyl (C=O) groups is 1. The number of ketones is 1. The molecule has 23 heavy (non-hydrogen) atoms. The molecule has 6 nitrogen and oxygen atoms in total. The molecule has 0 aromatic heterocycles. The van der Waals surface area contributed by atoms with Crippen LogP contribution >= 0.6 is 0 Å². The van der Waals surface area contributed by atoms with Gasteiger partial charge in [0.05, 0.1) is 18.1 Å². The van der Waals surface area contributed by atoms with Gasteiger partial charge in [-0.25, -0.2) is 8.42 Å². The van der Waals surface area contributed by atoms with Crippen molar-refractivity contribution in [1.82, 2.24) is 4.31 Å². The third-order valence-electron chi connectivity index (χ3n) is 3.28. The lowest BCUT2D eigenvalue weighted by Crippen LogP contribution is -2.36. The first kappa shape index (κ1) is 19.8. The molecule has 1 rings (SSSR count). The van der Waals surface area contributed by atoms with E-state index in [9.17, 15) is 13.2 Å². The molecule has 0 N–H and O–H groups in total. The molecule has 0 unspecified atom stereocenters. The molecule has 1 aromatic carbocycles. The quantitative estimate of drug-likeness (QED) is 0.454. The molecule has 0 bridgehead atoms. The fourth-order valence-corrected chi connectivity index (χ4v) is 3.39. The third kappa shape index (κ3) is 6.02. The molecule has 7 heteroatoms. The van der Waals surface area contributed by atoms with E-state index in [1.807, 2.05) is 13.8 Å². The van der Waals surface area contributed by atoms with E-state index >= 15 is 0 Å². The molecule has 0 aliphatic heterocycles. The van der Waals surface area contributed by atoms with Gasteiger partial charge in [0.15, 0.2) is 5.78 Å². The number of nitrogens with zero attached hydrogens (tertiary/aromatic N) is 1. The lowest BCUT2D eigenvalue weighted by Gasteiger charge is -2.22. The Hall–Kier alpha value is -1.28. The molecule has 0 spiro atoms. The average Bonchev–Trinajstić information content (AvgIpc) is 2.53. The molecule has 0 heterocycles. The van der Waals surface area contributed by atoms with Gasteiger partial charge in [-0.05, 0) is 32.9 Å². The van der Waals surface area contributed by atoms with Crippen LogP contribution in [-0.4, -0.2) is 58.0 Å². The summed E-state index contributed by atoms with van der Waals surface area (Å²) >= 11 is 0. The summed E-state index contributed by atoms with van der Waals surface area (Å²) in [6, 6.07) is 5.97. The second-order valence-electron chi connectivity index (χ2n) is 4.88. The minimum Gasteiger partial charge on any atom is -0.380 e. The van der Waals surface area contributed by atoms with E-state index in [0.29, 0.717) is 32.0 Å². The van der Waals surface area contributed by atoms with Gasteiger partial charge in [0, 0.05) is 31.9 Å². The zero-order valence-electron chi connectivity index (χ0n) is 13.9. The predicted octanol–water partition coefficient (Wildman–Crippen LogP) is 1.95. The Bertz CT molecular complexity index is 573.